The molecule has 0 radical (unpaired) electrons. The minimum Gasteiger partial charge on any atom is -0.444 e. The van der Waals surface area contributed by atoms with Crippen molar-refractivity contribution in [3.63, 3.8) is 0 Å². The van der Waals surface area contributed by atoms with Crippen LogP contribution in [0.25, 0.3) is 0 Å². The van der Waals surface area contributed by atoms with Gasteiger partial charge in [-0.3, -0.25) is 0 Å². The van der Waals surface area contributed by atoms with Gasteiger partial charge in [0.05, 0.1) is 0 Å². The molecule has 1 aliphatic rings. The van der Waals surface area contributed by atoms with Gasteiger partial charge in [0.2, 0.25) is 5.13 Å². The lowest BCUT2D eigenvalue weighted by atomic mass is 10.1. The average molecular weight is 340 g/mol. The third kappa shape index (κ3) is 5.06. The van der Waals surface area contributed by atoms with E-state index in [1.54, 1.807) is 4.90 Å². The normalized spacial score (nSPS) is 19.3. The Bertz CT molecular complexity index is 538. The SMILES string of the molecule is CC(C)Cc1nsc(N2CCN(C(=O)OC(C)(C)C)[C@H](C)C2)n1. The summed E-state index contributed by atoms with van der Waals surface area (Å²) in [5.41, 5.74) is -0.459. The molecule has 23 heavy (non-hydrogen) atoms. The van der Waals surface area contributed by atoms with Crippen molar-refractivity contribution in [2.45, 2.75) is 59.6 Å². The zero-order valence-corrected chi connectivity index (χ0v) is 15.8. The third-order valence-electron chi connectivity index (χ3n) is 3.57. The molecule has 0 spiro atoms. The molecule has 0 unspecified atom stereocenters. The van der Waals surface area contributed by atoms with Crippen molar-refractivity contribution in [2.75, 3.05) is 24.5 Å². The van der Waals surface area contributed by atoms with Crippen LogP contribution in [0.5, 0.6) is 0 Å². The maximum absolute atomic E-state index is 12.3. The maximum Gasteiger partial charge on any atom is 0.410 e. The number of rotatable bonds is 3. The third-order valence-corrected chi connectivity index (χ3v) is 4.39. The fourth-order valence-electron chi connectivity index (χ4n) is 2.54. The standard InChI is InChI=1S/C16H28N4O2S/c1-11(2)9-13-17-14(23-18-13)19-7-8-20(12(3)10-19)15(21)22-16(4,5)6/h11-12H,7-10H2,1-6H3/t12-/m1/s1. The highest BCUT2D eigenvalue weighted by atomic mass is 32.1. The molecule has 130 valence electrons. The van der Waals surface area contributed by atoms with E-state index in [0.717, 1.165) is 30.5 Å². The fraction of sp³-hybridized carbons (Fsp3) is 0.812. The van der Waals surface area contributed by atoms with E-state index in [2.05, 4.69) is 28.1 Å². The molecule has 0 aromatic carbocycles. The monoisotopic (exact) mass is 340 g/mol. The quantitative estimate of drug-likeness (QED) is 0.846. The van der Waals surface area contributed by atoms with Crippen molar-refractivity contribution in [1.82, 2.24) is 14.3 Å². The molecule has 0 N–H and O–H groups in total. The lowest BCUT2D eigenvalue weighted by molar-refractivity contribution is 0.0159. The number of amides is 1. The minimum absolute atomic E-state index is 0.0936. The van der Waals surface area contributed by atoms with Gasteiger partial charge in [0.25, 0.3) is 0 Å². The van der Waals surface area contributed by atoms with E-state index < -0.39 is 5.60 Å². The van der Waals surface area contributed by atoms with E-state index in [4.69, 9.17) is 4.74 Å². The van der Waals surface area contributed by atoms with Crippen molar-refractivity contribution < 1.29 is 9.53 Å². The summed E-state index contributed by atoms with van der Waals surface area (Å²) in [6.45, 7) is 14.2. The zero-order valence-electron chi connectivity index (χ0n) is 15.0. The van der Waals surface area contributed by atoms with Crippen molar-refractivity contribution in [3.8, 4) is 0 Å². The lowest BCUT2D eigenvalue weighted by Crippen LogP contribution is -2.55. The highest BCUT2D eigenvalue weighted by Gasteiger charge is 2.31. The molecule has 1 aromatic heterocycles. The molecule has 0 saturated carbocycles. The van der Waals surface area contributed by atoms with Gasteiger partial charge >= 0.3 is 6.09 Å². The van der Waals surface area contributed by atoms with Crippen LogP contribution in [0, 0.1) is 5.92 Å². The number of nitrogens with zero attached hydrogens (tertiary/aromatic N) is 4. The van der Waals surface area contributed by atoms with Crippen molar-refractivity contribution >= 4 is 22.8 Å². The van der Waals surface area contributed by atoms with Crippen molar-refractivity contribution in [3.05, 3.63) is 5.82 Å². The number of carbonyl (C=O) groups is 1. The first-order valence-corrected chi connectivity index (χ1v) is 9.00. The van der Waals surface area contributed by atoms with E-state index in [0.29, 0.717) is 12.5 Å². The highest BCUT2D eigenvalue weighted by molar-refractivity contribution is 7.09. The van der Waals surface area contributed by atoms with Crippen LogP contribution in [0.4, 0.5) is 9.93 Å². The summed E-state index contributed by atoms with van der Waals surface area (Å²) < 4.78 is 9.92. The second-order valence-corrected chi connectivity index (χ2v) is 8.29. The Labute approximate surface area is 143 Å². The Morgan fingerprint density at radius 2 is 2.09 bits per heavy atom. The molecule has 1 aliphatic heterocycles. The predicted octanol–water partition coefficient (Wildman–Crippen LogP) is 3.18. The zero-order chi connectivity index (χ0) is 17.2. The number of anilines is 1. The van der Waals surface area contributed by atoms with E-state index in [-0.39, 0.29) is 12.1 Å². The molecule has 1 fully saturated rings. The molecule has 0 bridgehead atoms. The molecule has 1 amide bonds. The molecule has 2 rings (SSSR count). The Hall–Kier alpha value is -1.37. The van der Waals surface area contributed by atoms with Gasteiger partial charge in [0.15, 0.2) is 0 Å². The van der Waals surface area contributed by atoms with E-state index in [1.807, 2.05) is 27.7 Å². The maximum atomic E-state index is 12.3. The van der Waals surface area contributed by atoms with Crippen molar-refractivity contribution in [2.24, 2.45) is 5.92 Å². The minimum atomic E-state index is -0.459. The Kier molecular flexibility index (Phi) is 5.49. The molecule has 1 saturated heterocycles. The fourth-order valence-corrected chi connectivity index (χ4v) is 3.27. The van der Waals surface area contributed by atoms with Crippen LogP contribution in [-0.2, 0) is 11.2 Å². The number of ether oxygens (including phenoxy) is 1. The summed E-state index contributed by atoms with van der Waals surface area (Å²) in [7, 11) is 0. The van der Waals surface area contributed by atoms with Crippen molar-refractivity contribution in [1.29, 1.82) is 0 Å². The number of aromatic nitrogens is 2. The first-order chi connectivity index (χ1) is 10.7. The molecule has 0 aliphatic carbocycles. The average Bonchev–Trinajstić information content (AvgIpc) is 2.83. The van der Waals surface area contributed by atoms with Crippen LogP contribution >= 0.6 is 11.5 Å². The number of hydrogen-bond acceptors (Lipinski definition) is 6. The molecule has 1 atom stereocenters. The summed E-state index contributed by atoms with van der Waals surface area (Å²) in [6.07, 6.45) is 0.673. The summed E-state index contributed by atoms with van der Waals surface area (Å²) in [6, 6.07) is 0.0936. The van der Waals surface area contributed by atoms with Crippen LogP contribution in [0.1, 0.15) is 47.4 Å². The van der Waals surface area contributed by atoms with E-state index in [1.165, 1.54) is 11.5 Å². The molecular formula is C16H28N4O2S. The largest absolute Gasteiger partial charge is 0.444 e. The van der Waals surface area contributed by atoms with Gasteiger partial charge in [0, 0.05) is 43.6 Å². The smallest absolute Gasteiger partial charge is 0.410 e. The molecule has 1 aromatic rings. The predicted molar refractivity (Wildman–Crippen MR) is 93.1 cm³/mol. The van der Waals surface area contributed by atoms with Gasteiger partial charge in [0.1, 0.15) is 11.4 Å². The van der Waals surface area contributed by atoms with E-state index in [9.17, 15) is 4.79 Å². The van der Waals surface area contributed by atoms with Gasteiger partial charge in [-0.25, -0.2) is 9.78 Å². The number of hydrogen-bond donors (Lipinski definition) is 0. The van der Waals surface area contributed by atoms with Gasteiger partial charge in [-0.1, -0.05) is 13.8 Å². The number of piperazine rings is 1. The van der Waals surface area contributed by atoms with Crippen LogP contribution in [0.2, 0.25) is 0 Å². The van der Waals surface area contributed by atoms with Gasteiger partial charge in [-0.15, -0.1) is 0 Å². The van der Waals surface area contributed by atoms with Crippen LogP contribution in [0.15, 0.2) is 0 Å². The molecule has 7 heteroatoms. The molecule has 6 nitrogen and oxygen atoms in total. The van der Waals surface area contributed by atoms with E-state index >= 15 is 0 Å². The highest BCUT2D eigenvalue weighted by Crippen LogP contribution is 2.23. The van der Waals surface area contributed by atoms with Gasteiger partial charge in [-0.2, -0.15) is 4.37 Å². The first kappa shape index (κ1) is 18.0. The Balaban J connectivity index is 1.95. The topological polar surface area (TPSA) is 58.6 Å². The van der Waals surface area contributed by atoms with Gasteiger partial charge in [-0.05, 0) is 33.6 Å². The van der Waals surface area contributed by atoms with Crippen LogP contribution in [-0.4, -0.2) is 51.6 Å². The second-order valence-electron chi connectivity index (χ2n) is 7.56. The summed E-state index contributed by atoms with van der Waals surface area (Å²) in [5, 5.41) is 0.955. The Morgan fingerprint density at radius 1 is 1.39 bits per heavy atom. The molecular weight excluding hydrogens is 312 g/mol. The summed E-state index contributed by atoms with van der Waals surface area (Å²) >= 11 is 1.45. The molecule has 2 heterocycles. The van der Waals surface area contributed by atoms with Gasteiger partial charge < -0.3 is 14.5 Å². The van der Waals surface area contributed by atoms with Crippen LogP contribution in [0.3, 0.4) is 0 Å². The first-order valence-electron chi connectivity index (χ1n) is 8.23. The van der Waals surface area contributed by atoms with Crippen LogP contribution < -0.4 is 4.90 Å². The number of carbonyl (C=O) groups excluding carboxylic acids is 1. The Morgan fingerprint density at radius 3 is 2.65 bits per heavy atom. The summed E-state index contributed by atoms with van der Waals surface area (Å²) in [4.78, 5) is 20.9. The summed E-state index contributed by atoms with van der Waals surface area (Å²) in [5.74, 6) is 1.47. The second kappa shape index (κ2) is 7.03. The lowest BCUT2D eigenvalue weighted by Gasteiger charge is -2.39.